The molecule has 2 aromatic rings. The molecular weight excluding hydrogens is 274 g/mol. The molecule has 1 aliphatic heterocycles. The first kappa shape index (κ1) is 13.3. The first-order chi connectivity index (χ1) is 9.78. The summed E-state index contributed by atoms with van der Waals surface area (Å²) >= 11 is 1.52. The van der Waals surface area contributed by atoms with Gasteiger partial charge >= 0.3 is 0 Å². The van der Waals surface area contributed by atoms with Gasteiger partial charge in [-0.1, -0.05) is 13.3 Å². The van der Waals surface area contributed by atoms with Crippen LogP contribution in [-0.4, -0.2) is 27.6 Å². The monoisotopic (exact) mass is 291 g/mol. The number of rotatable bonds is 4. The minimum atomic E-state index is -0.191. The molecule has 0 spiro atoms. The van der Waals surface area contributed by atoms with Gasteiger partial charge in [0.2, 0.25) is 0 Å². The highest BCUT2D eigenvalue weighted by Crippen LogP contribution is 2.21. The summed E-state index contributed by atoms with van der Waals surface area (Å²) in [7, 11) is 0. The standard InChI is InChI=1S/C13H17N5OS/c1-2-3-8-6-15-13(20-8)16-12(19)11-9-7-14-5-4-10(9)17-18-11/h6,14H,2-5,7H2,1H3,(H,17,18)(H,15,16,19). The van der Waals surface area contributed by atoms with Gasteiger partial charge in [0.05, 0.1) is 0 Å². The van der Waals surface area contributed by atoms with Crippen LogP contribution in [0.4, 0.5) is 5.13 Å². The number of hydrogen-bond donors (Lipinski definition) is 3. The van der Waals surface area contributed by atoms with Gasteiger partial charge in [0.1, 0.15) is 0 Å². The molecule has 0 fully saturated rings. The first-order valence-corrected chi connectivity index (χ1v) is 7.62. The van der Waals surface area contributed by atoms with Crippen LogP contribution in [0.3, 0.4) is 0 Å². The molecule has 1 aliphatic rings. The third kappa shape index (κ3) is 2.59. The number of nitrogens with zero attached hydrogens (tertiary/aromatic N) is 2. The van der Waals surface area contributed by atoms with Crippen LogP contribution in [-0.2, 0) is 19.4 Å². The Bertz CT molecular complexity index is 618. The SMILES string of the molecule is CCCc1cnc(NC(=O)c2n[nH]c3c2CNCC3)s1. The van der Waals surface area contributed by atoms with Crippen molar-refractivity contribution in [1.82, 2.24) is 20.5 Å². The van der Waals surface area contributed by atoms with Crippen LogP contribution in [0.2, 0.25) is 0 Å². The molecule has 0 aromatic carbocycles. The van der Waals surface area contributed by atoms with Crippen molar-refractivity contribution in [1.29, 1.82) is 0 Å². The summed E-state index contributed by atoms with van der Waals surface area (Å²) in [4.78, 5) is 17.7. The molecule has 20 heavy (non-hydrogen) atoms. The second-order valence-corrected chi connectivity index (χ2v) is 5.91. The van der Waals surface area contributed by atoms with Gasteiger partial charge in [-0.3, -0.25) is 15.2 Å². The lowest BCUT2D eigenvalue weighted by Crippen LogP contribution is -2.25. The van der Waals surface area contributed by atoms with Crippen LogP contribution in [0.1, 0.15) is 40.0 Å². The van der Waals surface area contributed by atoms with Crippen molar-refractivity contribution in [2.45, 2.75) is 32.7 Å². The van der Waals surface area contributed by atoms with Crippen molar-refractivity contribution >= 4 is 22.4 Å². The van der Waals surface area contributed by atoms with E-state index in [2.05, 4.69) is 32.7 Å². The fourth-order valence-electron chi connectivity index (χ4n) is 2.30. The van der Waals surface area contributed by atoms with Gasteiger partial charge in [-0.2, -0.15) is 5.10 Å². The molecule has 0 unspecified atom stereocenters. The maximum atomic E-state index is 12.3. The number of carbonyl (C=O) groups is 1. The summed E-state index contributed by atoms with van der Waals surface area (Å²) in [5.74, 6) is -0.191. The number of aromatic nitrogens is 3. The molecule has 0 radical (unpaired) electrons. The summed E-state index contributed by atoms with van der Waals surface area (Å²) in [5.41, 5.74) is 2.50. The first-order valence-electron chi connectivity index (χ1n) is 6.80. The molecular formula is C13H17N5OS. The van der Waals surface area contributed by atoms with Crippen molar-refractivity contribution in [3.63, 3.8) is 0 Å². The maximum Gasteiger partial charge on any atom is 0.278 e. The summed E-state index contributed by atoms with van der Waals surface area (Å²) in [5, 5.41) is 13.8. The van der Waals surface area contributed by atoms with Crippen molar-refractivity contribution in [3.8, 4) is 0 Å². The van der Waals surface area contributed by atoms with E-state index in [-0.39, 0.29) is 5.91 Å². The van der Waals surface area contributed by atoms with E-state index < -0.39 is 0 Å². The van der Waals surface area contributed by atoms with Gasteiger partial charge in [-0.25, -0.2) is 4.98 Å². The number of hydrogen-bond acceptors (Lipinski definition) is 5. The second-order valence-electron chi connectivity index (χ2n) is 4.79. The van der Waals surface area contributed by atoms with E-state index in [1.165, 1.54) is 16.2 Å². The lowest BCUT2D eigenvalue weighted by molar-refractivity contribution is 0.102. The van der Waals surface area contributed by atoms with Gasteiger partial charge in [0, 0.05) is 41.8 Å². The van der Waals surface area contributed by atoms with E-state index in [4.69, 9.17) is 0 Å². The van der Waals surface area contributed by atoms with Gasteiger partial charge in [-0.15, -0.1) is 11.3 Å². The van der Waals surface area contributed by atoms with Crippen molar-refractivity contribution in [3.05, 3.63) is 28.0 Å². The van der Waals surface area contributed by atoms with Gasteiger partial charge in [-0.05, 0) is 6.42 Å². The lowest BCUT2D eigenvalue weighted by Gasteiger charge is -2.12. The molecule has 0 bridgehead atoms. The lowest BCUT2D eigenvalue weighted by atomic mass is 10.1. The third-order valence-corrected chi connectivity index (χ3v) is 4.26. The normalized spacial score (nSPS) is 14.1. The number of H-pyrrole nitrogens is 1. The van der Waals surface area contributed by atoms with E-state index in [1.54, 1.807) is 0 Å². The van der Waals surface area contributed by atoms with E-state index in [0.29, 0.717) is 17.4 Å². The third-order valence-electron chi connectivity index (χ3n) is 3.29. The van der Waals surface area contributed by atoms with Crippen LogP contribution >= 0.6 is 11.3 Å². The predicted molar refractivity (Wildman–Crippen MR) is 78.1 cm³/mol. The Morgan fingerprint density at radius 2 is 2.45 bits per heavy atom. The average molecular weight is 291 g/mol. The fourth-order valence-corrected chi connectivity index (χ4v) is 3.21. The van der Waals surface area contributed by atoms with Crippen molar-refractivity contribution in [2.75, 3.05) is 11.9 Å². The van der Waals surface area contributed by atoms with Crippen molar-refractivity contribution < 1.29 is 4.79 Å². The molecule has 6 nitrogen and oxygen atoms in total. The molecule has 3 N–H and O–H groups in total. The highest BCUT2D eigenvalue weighted by molar-refractivity contribution is 7.15. The Morgan fingerprint density at radius 3 is 3.30 bits per heavy atom. The van der Waals surface area contributed by atoms with Crippen molar-refractivity contribution in [2.24, 2.45) is 0 Å². The Balaban J connectivity index is 1.74. The number of aryl methyl sites for hydroxylation is 1. The maximum absolute atomic E-state index is 12.3. The topological polar surface area (TPSA) is 82.7 Å². The van der Waals surface area contributed by atoms with Gasteiger partial charge in [0.15, 0.2) is 10.8 Å². The van der Waals surface area contributed by atoms with Crippen LogP contribution < -0.4 is 10.6 Å². The number of fused-ring (bicyclic) bond motifs is 1. The minimum Gasteiger partial charge on any atom is -0.312 e. The number of anilines is 1. The Hall–Kier alpha value is -1.73. The fraction of sp³-hybridized carbons (Fsp3) is 0.462. The zero-order chi connectivity index (χ0) is 13.9. The number of aromatic amines is 1. The zero-order valence-electron chi connectivity index (χ0n) is 11.3. The largest absolute Gasteiger partial charge is 0.312 e. The molecule has 3 heterocycles. The van der Waals surface area contributed by atoms with Gasteiger partial charge in [0.25, 0.3) is 5.91 Å². The van der Waals surface area contributed by atoms with E-state index in [9.17, 15) is 4.79 Å². The molecule has 0 saturated heterocycles. The Kier molecular flexibility index (Phi) is 3.79. The second kappa shape index (κ2) is 5.72. The molecule has 0 aliphatic carbocycles. The molecule has 3 rings (SSSR count). The Morgan fingerprint density at radius 1 is 1.55 bits per heavy atom. The predicted octanol–water partition coefficient (Wildman–Crippen LogP) is 1.72. The average Bonchev–Trinajstić information content (AvgIpc) is 3.06. The highest BCUT2D eigenvalue weighted by Gasteiger charge is 2.22. The number of amides is 1. The zero-order valence-corrected chi connectivity index (χ0v) is 12.1. The van der Waals surface area contributed by atoms with E-state index in [0.717, 1.165) is 37.1 Å². The molecule has 7 heteroatoms. The number of carbonyl (C=O) groups excluding carboxylic acids is 1. The van der Waals surface area contributed by atoms with Crippen LogP contribution in [0.25, 0.3) is 0 Å². The minimum absolute atomic E-state index is 0.191. The molecule has 0 atom stereocenters. The summed E-state index contributed by atoms with van der Waals surface area (Å²) in [6.07, 6.45) is 4.78. The summed E-state index contributed by atoms with van der Waals surface area (Å²) in [6, 6.07) is 0. The van der Waals surface area contributed by atoms with E-state index in [1.807, 2.05) is 6.20 Å². The molecule has 2 aromatic heterocycles. The molecule has 0 saturated carbocycles. The quantitative estimate of drug-likeness (QED) is 0.801. The molecule has 106 valence electrons. The van der Waals surface area contributed by atoms with Crippen LogP contribution in [0.15, 0.2) is 6.20 Å². The highest BCUT2D eigenvalue weighted by atomic mass is 32.1. The summed E-state index contributed by atoms with van der Waals surface area (Å²) < 4.78 is 0. The Labute approximate surface area is 121 Å². The van der Waals surface area contributed by atoms with Crippen LogP contribution in [0.5, 0.6) is 0 Å². The summed E-state index contributed by atoms with van der Waals surface area (Å²) in [6.45, 7) is 3.73. The van der Waals surface area contributed by atoms with E-state index >= 15 is 0 Å². The smallest absolute Gasteiger partial charge is 0.278 e. The van der Waals surface area contributed by atoms with Gasteiger partial charge < -0.3 is 5.32 Å². The number of nitrogens with one attached hydrogen (secondary N) is 3. The molecule has 1 amide bonds. The number of thiazole rings is 1. The van der Waals surface area contributed by atoms with Crippen LogP contribution in [0, 0.1) is 0 Å².